The molecule has 1 aliphatic rings. The molecule has 0 N–H and O–H groups in total. The van der Waals surface area contributed by atoms with Crippen molar-refractivity contribution in [1.29, 1.82) is 0 Å². The molecule has 1 saturated carbocycles. The van der Waals surface area contributed by atoms with Crippen LogP contribution in [0.1, 0.15) is 56.9 Å². The molecule has 2 heteroatoms. The van der Waals surface area contributed by atoms with Gasteiger partial charge in [-0.15, -0.1) is 0 Å². The molecule has 0 nitrogen and oxygen atoms in total. The highest BCUT2D eigenvalue weighted by Crippen LogP contribution is 2.34. The normalized spacial score (nSPS) is 22.8. The van der Waals surface area contributed by atoms with Gasteiger partial charge in [-0.25, -0.2) is 8.78 Å². The zero-order chi connectivity index (χ0) is 14.9. The molecule has 0 bridgehead atoms. The summed E-state index contributed by atoms with van der Waals surface area (Å²) in [5, 5.41) is 0. The number of rotatable bonds is 7. The van der Waals surface area contributed by atoms with Crippen LogP contribution in [0.15, 0.2) is 36.7 Å². The SMILES string of the molecule is FC=CCCCC1CCC(CCc2ccc(F)cc2)CC1. The van der Waals surface area contributed by atoms with Crippen LogP contribution in [0.5, 0.6) is 0 Å². The lowest BCUT2D eigenvalue weighted by Gasteiger charge is -2.28. The fourth-order valence-corrected chi connectivity index (χ4v) is 3.42. The molecule has 1 fully saturated rings. The average molecular weight is 292 g/mol. The minimum Gasteiger partial charge on any atom is -0.216 e. The quantitative estimate of drug-likeness (QED) is 0.523. The topological polar surface area (TPSA) is 0 Å². The largest absolute Gasteiger partial charge is 0.216 e. The highest BCUT2D eigenvalue weighted by molar-refractivity contribution is 5.16. The van der Waals surface area contributed by atoms with Crippen molar-refractivity contribution in [3.05, 3.63) is 48.1 Å². The van der Waals surface area contributed by atoms with Crippen molar-refractivity contribution in [2.24, 2.45) is 11.8 Å². The Hall–Kier alpha value is -1.18. The summed E-state index contributed by atoms with van der Waals surface area (Å²) >= 11 is 0. The molecule has 0 amide bonds. The number of halogens is 2. The number of benzene rings is 1. The van der Waals surface area contributed by atoms with Gasteiger partial charge in [0, 0.05) is 0 Å². The Balaban J connectivity index is 1.61. The van der Waals surface area contributed by atoms with Crippen molar-refractivity contribution in [3.8, 4) is 0 Å². The molecule has 0 saturated heterocycles. The fraction of sp³-hybridized carbons (Fsp3) is 0.579. The average Bonchev–Trinajstić information content (AvgIpc) is 2.52. The van der Waals surface area contributed by atoms with Gasteiger partial charge >= 0.3 is 0 Å². The molecule has 1 aromatic rings. The van der Waals surface area contributed by atoms with Gasteiger partial charge in [-0.2, -0.15) is 0 Å². The second-order valence-corrected chi connectivity index (χ2v) is 6.34. The van der Waals surface area contributed by atoms with Crippen LogP contribution < -0.4 is 0 Å². The molecule has 0 radical (unpaired) electrons. The second-order valence-electron chi connectivity index (χ2n) is 6.34. The summed E-state index contributed by atoms with van der Waals surface area (Å²) in [7, 11) is 0. The Morgan fingerprint density at radius 3 is 2.19 bits per heavy atom. The molecule has 116 valence electrons. The van der Waals surface area contributed by atoms with Crippen molar-refractivity contribution >= 4 is 0 Å². The van der Waals surface area contributed by atoms with E-state index in [0.717, 1.165) is 31.1 Å². The van der Waals surface area contributed by atoms with Gasteiger partial charge in [0.15, 0.2) is 0 Å². The standard InChI is InChI=1S/C19H26F2/c20-15-3-1-2-4-16-5-7-17(8-6-16)9-10-18-11-13-19(21)14-12-18/h3,11-17H,1-2,4-10H2. The van der Waals surface area contributed by atoms with Gasteiger partial charge in [0.25, 0.3) is 0 Å². The Labute approximate surface area is 127 Å². The van der Waals surface area contributed by atoms with E-state index in [-0.39, 0.29) is 5.82 Å². The van der Waals surface area contributed by atoms with E-state index in [0.29, 0.717) is 6.33 Å². The Bertz CT molecular complexity index is 414. The van der Waals surface area contributed by atoms with Gasteiger partial charge in [-0.3, -0.25) is 0 Å². The van der Waals surface area contributed by atoms with Gasteiger partial charge < -0.3 is 0 Å². The van der Waals surface area contributed by atoms with Crippen LogP contribution in [-0.2, 0) is 6.42 Å². The number of hydrogen-bond donors (Lipinski definition) is 0. The van der Waals surface area contributed by atoms with Crippen LogP contribution in [0, 0.1) is 17.7 Å². The first kappa shape index (κ1) is 16.2. The number of allylic oxidation sites excluding steroid dienone is 1. The summed E-state index contributed by atoms with van der Waals surface area (Å²) in [6.45, 7) is 0. The molecule has 0 atom stereocenters. The molecule has 0 heterocycles. The first-order chi connectivity index (χ1) is 10.3. The van der Waals surface area contributed by atoms with Crippen molar-refractivity contribution in [2.45, 2.75) is 57.8 Å². The predicted octanol–water partition coefficient (Wildman–Crippen LogP) is 6.22. The number of aryl methyl sites for hydroxylation is 1. The monoisotopic (exact) mass is 292 g/mol. The maximum atomic E-state index is 12.8. The van der Waals surface area contributed by atoms with Crippen molar-refractivity contribution in [3.63, 3.8) is 0 Å². The van der Waals surface area contributed by atoms with Crippen molar-refractivity contribution in [2.75, 3.05) is 0 Å². The lowest BCUT2D eigenvalue weighted by atomic mass is 9.78. The third-order valence-corrected chi connectivity index (χ3v) is 4.79. The lowest BCUT2D eigenvalue weighted by molar-refractivity contribution is 0.250. The van der Waals surface area contributed by atoms with Crippen molar-refractivity contribution in [1.82, 2.24) is 0 Å². The van der Waals surface area contributed by atoms with Gasteiger partial charge in [-0.05, 0) is 55.2 Å². The molecule has 0 unspecified atom stereocenters. The molecule has 1 aliphatic carbocycles. The van der Waals surface area contributed by atoms with Crippen LogP contribution >= 0.6 is 0 Å². The van der Waals surface area contributed by atoms with E-state index in [1.165, 1.54) is 44.1 Å². The fourth-order valence-electron chi connectivity index (χ4n) is 3.42. The lowest BCUT2D eigenvalue weighted by Crippen LogP contribution is -2.15. The van der Waals surface area contributed by atoms with E-state index in [2.05, 4.69) is 0 Å². The number of hydrogen-bond acceptors (Lipinski definition) is 0. The molecular formula is C19H26F2. The zero-order valence-corrected chi connectivity index (χ0v) is 12.7. The molecule has 1 aromatic carbocycles. The van der Waals surface area contributed by atoms with Crippen LogP contribution in [0.25, 0.3) is 0 Å². The highest BCUT2D eigenvalue weighted by Gasteiger charge is 2.20. The Kier molecular flexibility index (Phi) is 6.91. The molecule has 0 aliphatic heterocycles. The number of unbranched alkanes of at least 4 members (excludes halogenated alkanes) is 1. The summed E-state index contributed by atoms with van der Waals surface area (Å²) in [5.74, 6) is 1.53. The first-order valence-corrected chi connectivity index (χ1v) is 8.27. The first-order valence-electron chi connectivity index (χ1n) is 8.27. The summed E-state index contributed by atoms with van der Waals surface area (Å²) in [4.78, 5) is 0. The third kappa shape index (κ3) is 5.99. The molecule has 2 rings (SSSR count). The molecular weight excluding hydrogens is 266 g/mol. The van der Waals surface area contributed by atoms with Gasteiger partial charge in [0.2, 0.25) is 0 Å². The third-order valence-electron chi connectivity index (χ3n) is 4.79. The summed E-state index contributed by atoms with van der Waals surface area (Å²) < 4.78 is 24.7. The van der Waals surface area contributed by atoms with Crippen LogP contribution in [0.4, 0.5) is 8.78 Å². The Morgan fingerprint density at radius 1 is 0.952 bits per heavy atom. The zero-order valence-electron chi connectivity index (χ0n) is 12.7. The summed E-state index contributed by atoms with van der Waals surface area (Å²) in [6, 6.07) is 6.91. The molecule has 0 spiro atoms. The van der Waals surface area contributed by atoms with Crippen molar-refractivity contribution < 1.29 is 8.78 Å². The smallest absolute Gasteiger partial charge is 0.123 e. The van der Waals surface area contributed by atoms with E-state index in [9.17, 15) is 8.78 Å². The summed E-state index contributed by atoms with van der Waals surface area (Å²) in [5.41, 5.74) is 1.25. The van der Waals surface area contributed by atoms with E-state index in [4.69, 9.17) is 0 Å². The van der Waals surface area contributed by atoms with E-state index in [1.54, 1.807) is 18.2 Å². The van der Waals surface area contributed by atoms with Gasteiger partial charge in [-0.1, -0.05) is 50.3 Å². The van der Waals surface area contributed by atoms with Crippen LogP contribution in [-0.4, -0.2) is 0 Å². The molecule has 21 heavy (non-hydrogen) atoms. The predicted molar refractivity (Wildman–Crippen MR) is 84.3 cm³/mol. The van der Waals surface area contributed by atoms with Crippen LogP contribution in [0.3, 0.4) is 0 Å². The van der Waals surface area contributed by atoms with Crippen LogP contribution in [0.2, 0.25) is 0 Å². The van der Waals surface area contributed by atoms with Gasteiger partial charge in [0.1, 0.15) is 5.82 Å². The molecule has 0 aromatic heterocycles. The Morgan fingerprint density at radius 2 is 1.57 bits per heavy atom. The summed E-state index contributed by atoms with van der Waals surface area (Å²) in [6.07, 6.45) is 13.1. The maximum Gasteiger partial charge on any atom is 0.123 e. The minimum atomic E-state index is -0.151. The maximum absolute atomic E-state index is 12.8. The second kappa shape index (κ2) is 8.96. The van der Waals surface area contributed by atoms with Gasteiger partial charge in [0.05, 0.1) is 6.33 Å². The van der Waals surface area contributed by atoms with E-state index >= 15 is 0 Å². The van der Waals surface area contributed by atoms with E-state index < -0.39 is 0 Å². The van der Waals surface area contributed by atoms with E-state index in [1.807, 2.05) is 12.1 Å². The minimum absolute atomic E-state index is 0.151. The highest BCUT2D eigenvalue weighted by atomic mass is 19.1.